The Labute approximate surface area is 164 Å². The van der Waals surface area contributed by atoms with Crippen LogP contribution in [0.15, 0.2) is 48.8 Å². The molecule has 2 aromatic carbocycles. The maximum absolute atomic E-state index is 9.94. The molecule has 0 saturated carbocycles. The van der Waals surface area contributed by atoms with Crippen molar-refractivity contribution >= 4 is 5.82 Å². The largest absolute Gasteiger partial charge is 0.508 e. The highest BCUT2D eigenvalue weighted by Crippen LogP contribution is 2.50. The van der Waals surface area contributed by atoms with Crippen molar-refractivity contribution in [2.24, 2.45) is 5.92 Å². The van der Waals surface area contributed by atoms with E-state index in [1.807, 2.05) is 34.9 Å². The number of phenolic OH excluding ortho intramolecular Hbond substituents is 1. The third-order valence-corrected chi connectivity index (χ3v) is 4.95. The van der Waals surface area contributed by atoms with E-state index in [2.05, 4.69) is 18.8 Å². The van der Waals surface area contributed by atoms with Gasteiger partial charge in [0.25, 0.3) is 0 Å². The van der Waals surface area contributed by atoms with Crippen molar-refractivity contribution in [1.82, 2.24) is 4.98 Å². The van der Waals surface area contributed by atoms with Crippen LogP contribution >= 0.6 is 0 Å². The fraction of sp³-hybridized carbons (Fsp3) is 0.273. The Morgan fingerprint density at radius 2 is 2.00 bits per heavy atom. The SMILES string of the molecule is COc1ccccc1[C@H]1c2ccc(O)cc2Oc2nc[n+](CC(C)C)c(N)c21. The molecule has 6 heteroatoms. The maximum Gasteiger partial charge on any atom is 0.306 e. The number of nitrogens with zero attached hydrogens (tertiary/aromatic N) is 2. The summed E-state index contributed by atoms with van der Waals surface area (Å²) in [6.07, 6.45) is 1.71. The topological polar surface area (TPSA) is 81.5 Å². The molecule has 2 heterocycles. The number of nitrogens with two attached hydrogens (primary N) is 1. The molecule has 0 aliphatic carbocycles. The van der Waals surface area contributed by atoms with Gasteiger partial charge in [0.2, 0.25) is 12.1 Å². The average molecular weight is 378 g/mol. The zero-order chi connectivity index (χ0) is 19.8. The number of nitrogen functional groups attached to an aromatic ring is 1. The van der Waals surface area contributed by atoms with Gasteiger partial charge in [-0.2, -0.15) is 0 Å². The van der Waals surface area contributed by atoms with Gasteiger partial charge in [-0.05, 0) is 18.1 Å². The van der Waals surface area contributed by atoms with Crippen molar-refractivity contribution < 1.29 is 19.1 Å². The van der Waals surface area contributed by atoms with Crippen LogP contribution in [0.25, 0.3) is 0 Å². The number of hydrogen-bond acceptors (Lipinski definition) is 5. The molecule has 0 fully saturated rings. The molecular formula is C22H24N3O3+. The number of para-hydroxylation sites is 1. The van der Waals surface area contributed by atoms with Crippen molar-refractivity contribution in [2.45, 2.75) is 26.3 Å². The Morgan fingerprint density at radius 1 is 1.21 bits per heavy atom. The number of aromatic nitrogens is 2. The predicted octanol–water partition coefficient (Wildman–Crippen LogP) is 3.61. The first-order valence-electron chi connectivity index (χ1n) is 9.31. The zero-order valence-electron chi connectivity index (χ0n) is 16.2. The fourth-order valence-corrected chi connectivity index (χ4v) is 3.75. The van der Waals surface area contributed by atoms with Gasteiger partial charge in [-0.1, -0.05) is 43.1 Å². The van der Waals surface area contributed by atoms with Crippen LogP contribution < -0.4 is 19.8 Å². The van der Waals surface area contributed by atoms with E-state index >= 15 is 0 Å². The van der Waals surface area contributed by atoms with Gasteiger partial charge in [-0.15, -0.1) is 0 Å². The molecule has 28 heavy (non-hydrogen) atoms. The molecule has 144 valence electrons. The lowest BCUT2D eigenvalue weighted by molar-refractivity contribution is -0.691. The Kier molecular flexibility index (Phi) is 4.55. The molecule has 1 aliphatic rings. The number of ether oxygens (including phenoxy) is 2. The van der Waals surface area contributed by atoms with Crippen LogP contribution in [0.2, 0.25) is 0 Å². The highest BCUT2D eigenvalue weighted by atomic mass is 16.5. The van der Waals surface area contributed by atoms with Crippen LogP contribution in [0.1, 0.15) is 36.5 Å². The average Bonchev–Trinajstić information content (AvgIpc) is 2.68. The summed E-state index contributed by atoms with van der Waals surface area (Å²) < 4.78 is 13.6. The molecule has 0 spiro atoms. The molecule has 0 bridgehead atoms. The lowest BCUT2D eigenvalue weighted by Crippen LogP contribution is -2.41. The van der Waals surface area contributed by atoms with E-state index in [1.165, 1.54) is 0 Å². The monoisotopic (exact) mass is 378 g/mol. The van der Waals surface area contributed by atoms with Gasteiger partial charge in [0.05, 0.1) is 19.6 Å². The van der Waals surface area contributed by atoms with Gasteiger partial charge in [-0.3, -0.25) is 0 Å². The predicted molar refractivity (Wildman–Crippen MR) is 106 cm³/mol. The number of fused-ring (bicyclic) bond motifs is 2. The van der Waals surface area contributed by atoms with Crippen LogP contribution in [0, 0.1) is 5.92 Å². The van der Waals surface area contributed by atoms with Crippen molar-refractivity contribution in [1.29, 1.82) is 0 Å². The fourth-order valence-electron chi connectivity index (χ4n) is 3.75. The second-order valence-electron chi connectivity index (χ2n) is 7.39. The Hall–Kier alpha value is -3.28. The van der Waals surface area contributed by atoms with Gasteiger partial charge in [0.15, 0.2) is 0 Å². The zero-order valence-corrected chi connectivity index (χ0v) is 16.2. The van der Waals surface area contributed by atoms with Crippen LogP contribution in [-0.2, 0) is 6.54 Å². The molecular weight excluding hydrogens is 354 g/mol. The molecule has 1 aliphatic heterocycles. The van der Waals surface area contributed by atoms with Crippen LogP contribution in [0.4, 0.5) is 5.82 Å². The second-order valence-corrected chi connectivity index (χ2v) is 7.39. The van der Waals surface area contributed by atoms with Crippen molar-refractivity contribution in [3.05, 3.63) is 65.5 Å². The van der Waals surface area contributed by atoms with Gasteiger partial charge in [0, 0.05) is 17.2 Å². The summed E-state index contributed by atoms with van der Waals surface area (Å²) in [6, 6.07) is 13.0. The van der Waals surface area contributed by atoms with Crippen LogP contribution in [0.5, 0.6) is 23.1 Å². The Balaban J connectivity index is 1.99. The smallest absolute Gasteiger partial charge is 0.306 e. The lowest BCUT2D eigenvalue weighted by Gasteiger charge is -2.28. The summed E-state index contributed by atoms with van der Waals surface area (Å²) in [5.41, 5.74) is 9.30. The number of aromatic hydroxyl groups is 1. The molecule has 0 unspecified atom stereocenters. The van der Waals surface area contributed by atoms with Crippen LogP contribution in [-0.4, -0.2) is 17.2 Å². The summed E-state index contributed by atoms with van der Waals surface area (Å²) in [7, 11) is 1.66. The van der Waals surface area contributed by atoms with E-state index in [-0.39, 0.29) is 11.7 Å². The molecule has 4 rings (SSSR count). The summed E-state index contributed by atoms with van der Waals surface area (Å²) in [4.78, 5) is 4.53. The minimum Gasteiger partial charge on any atom is -0.508 e. The number of methoxy groups -OCH3 is 1. The standard InChI is InChI=1S/C22H23N3O3/c1-13(2)11-25-12-24-22-20(21(25)23)19(15-6-4-5-7-17(15)27-3)16-9-8-14(26)10-18(16)28-22/h4-10,12-13,19,23,26H,11H2,1-3H3/p+1/t19-/m0/s1. The Morgan fingerprint density at radius 3 is 2.75 bits per heavy atom. The number of phenols is 1. The van der Waals surface area contributed by atoms with Gasteiger partial charge >= 0.3 is 5.88 Å². The van der Waals surface area contributed by atoms with Gasteiger partial charge in [-0.25, -0.2) is 4.57 Å². The molecule has 1 atom stereocenters. The molecule has 6 nitrogen and oxygen atoms in total. The summed E-state index contributed by atoms with van der Waals surface area (Å²) in [5, 5.41) is 9.94. The van der Waals surface area contributed by atoms with E-state index in [9.17, 15) is 5.11 Å². The van der Waals surface area contributed by atoms with Crippen molar-refractivity contribution in [3.63, 3.8) is 0 Å². The highest BCUT2D eigenvalue weighted by molar-refractivity contribution is 5.63. The number of hydrogen-bond donors (Lipinski definition) is 2. The summed E-state index contributed by atoms with van der Waals surface area (Å²) >= 11 is 0. The van der Waals surface area contributed by atoms with Gasteiger partial charge in [0.1, 0.15) is 22.8 Å². The van der Waals surface area contributed by atoms with Crippen molar-refractivity contribution in [3.8, 4) is 23.1 Å². The lowest BCUT2D eigenvalue weighted by atomic mass is 9.83. The second kappa shape index (κ2) is 7.03. The highest BCUT2D eigenvalue weighted by Gasteiger charge is 2.37. The molecule has 0 radical (unpaired) electrons. The van der Waals surface area contributed by atoms with E-state index in [1.54, 1.807) is 25.6 Å². The van der Waals surface area contributed by atoms with E-state index < -0.39 is 0 Å². The maximum atomic E-state index is 9.94. The van der Waals surface area contributed by atoms with E-state index in [0.717, 1.165) is 29.0 Å². The third-order valence-electron chi connectivity index (χ3n) is 4.95. The molecule has 3 aromatic rings. The number of rotatable bonds is 4. The van der Waals surface area contributed by atoms with Crippen molar-refractivity contribution in [2.75, 3.05) is 12.8 Å². The van der Waals surface area contributed by atoms with Gasteiger partial charge < -0.3 is 20.3 Å². The number of anilines is 1. The minimum absolute atomic E-state index is 0.139. The normalized spacial score (nSPS) is 14.9. The molecule has 0 amide bonds. The van der Waals surface area contributed by atoms with Crippen LogP contribution in [0.3, 0.4) is 0 Å². The molecule has 0 saturated heterocycles. The molecule has 3 N–H and O–H groups in total. The van der Waals surface area contributed by atoms with E-state index in [4.69, 9.17) is 15.2 Å². The number of benzene rings is 2. The first-order valence-corrected chi connectivity index (χ1v) is 9.31. The first-order chi connectivity index (χ1) is 13.5. The Bertz CT molecular complexity index is 1030. The summed E-state index contributed by atoms with van der Waals surface area (Å²) in [6.45, 7) is 5.03. The van der Waals surface area contributed by atoms with E-state index in [0.29, 0.717) is 23.4 Å². The first kappa shape index (κ1) is 18.1. The third kappa shape index (κ3) is 3.01. The minimum atomic E-state index is -0.220. The summed E-state index contributed by atoms with van der Waals surface area (Å²) in [5.74, 6) is 2.74. The quantitative estimate of drug-likeness (QED) is 0.530. The molecule has 1 aromatic heterocycles.